The minimum absolute atomic E-state index is 0.148. The van der Waals surface area contributed by atoms with E-state index in [1.54, 1.807) is 0 Å². The van der Waals surface area contributed by atoms with E-state index in [-0.39, 0.29) is 17.8 Å². The van der Waals surface area contributed by atoms with E-state index < -0.39 is 0 Å². The molecule has 10 heteroatoms. The molecule has 1 amide bonds. The summed E-state index contributed by atoms with van der Waals surface area (Å²) in [6, 6.07) is 18.0. The van der Waals surface area contributed by atoms with Crippen LogP contribution in [0.3, 0.4) is 0 Å². The molecular weight excluding hydrogens is 528 g/mol. The van der Waals surface area contributed by atoms with Crippen LogP contribution >= 0.6 is 23.1 Å². The smallest absolute Gasteiger partial charge is 0.236 e. The molecule has 1 N–H and O–H groups in total. The van der Waals surface area contributed by atoms with E-state index in [1.807, 2.05) is 54.0 Å². The zero-order valence-corrected chi connectivity index (χ0v) is 24.2. The number of nitrogens with zero attached hydrogens (tertiary/aromatic N) is 5. The van der Waals surface area contributed by atoms with Gasteiger partial charge in [-0.05, 0) is 55.5 Å². The number of benzene rings is 2. The van der Waals surface area contributed by atoms with Crippen molar-refractivity contribution in [1.82, 2.24) is 25.0 Å². The van der Waals surface area contributed by atoms with Gasteiger partial charge in [-0.1, -0.05) is 86.5 Å². The fourth-order valence-corrected chi connectivity index (χ4v) is 6.42. The number of hydrogen-bond donors (Lipinski definition) is 1. The lowest BCUT2D eigenvalue weighted by molar-refractivity contribution is -0.113. The van der Waals surface area contributed by atoms with Crippen molar-refractivity contribution in [3.63, 3.8) is 0 Å². The second kappa shape index (κ2) is 12.7. The number of aromatic nitrogens is 5. The van der Waals surface area contributed by atoms with Crippen LogP contribution in [0.5, 0.6) is 5.75 Å². The Morgan fingerprint density at radius 1 is 1.00 bits per heavy atom. The maximum absolute atomic E-state index is 12.8. The van der Waals surface area contributed by atoms with E-state index in [4.69, 9.17) is 4.74 Å². The minimum Gasteiger partial charge on any atom is -0.483 e. The third-order valence-corrected chi connectivity index (χ3v) is 8.80. The van der Waals surface area contributed by atoms with Crippen LogP contribution in [-0.2, 0) is 4.79 Å². The summed E-state index contributed by atoms with van der Waals surface area (Å²) in [5.41, 5.74) is 2.17. The van der Waals surface area contributed by atoms with Crippen LogP contribution in [0.2, 0.25) is 0 Å². The van der Waals surface area contributed by atoms with Crippen LogP contribution in [0.1, 0.15) is 87.2 Å². The highest BCUT2D eigenvalue weighted by molar-refractivity contribution is 7.99. The van der Waals surface area contributed by atoms with Gasteiger partial charge in [0.05, 0.1) is 5.75 Å². The molecule has 39 heavy (non-hydrogen) atoms. The lowest BCUT2D eigenvalue weighted by Crippen LogP contribution is -2.15. The van der Waals surface area contributed by atoms with Crippen LogP contribution in [0, 0.1) is 0 Å². The molecule has 1 saturated carbocycles. The second-order valence-corrected chi connectivity index (χ2v) is 12.1. The zero-order valence-electron chi connectivity index (χ0n) is 22.5. The average molecular weight is 563 g/mol. The molecule has 2 aromatic carbocycles. The fourth-order valence-electron chi connectivity index (χ4n) is 4.73. The SMILES string of the molecule is CC(C)c1ccc(OC(C)c2nnc(SCC(=O)Nc3nnc(C4CCCCC4)s3)n2-c2ccccc2)cc1. The molecule has 204 valence electrons. The van der Waals surface area contributed by atoms with Crippen molar-refractivity contribution in [2.75, 3.05) is 11.1 Å². The van der Waals surface area contributed by atoms with E-state index in [1.165, 1.54) is 47.9 Å². The Morgan fingerprint density at radius 2 is 1.74 bits per heavy atom. The summed E-state index contributed by atoms with van der Waals surface area (Å²) < 4.78 is 8.20. The van der Waals surface area contributed by atoms with Crippen molar-refractivity contribution in [2.45, 2.75) is 76.0 Å². The van der Waals surface area contributed by atoms with Gasteiger partial charge in [0.15, 0.2) is 17.1 Å². The Kier molecular flexibility index (Phi) is 8.93. The first-order valence-corrected chi connectivity index (χ1v) is 15.3. The lowest BCUT2D eigenvalue weighted by atomic mass is 9.90. The van der Waals surface area contributed by atoms with Gasteiger partial charge in [-0.2, -0.15) is 0 Å². The van der Waals surface area contributed by atoms with Crippen molar-refractivity contribution in [3.05, 3.63) is 71.0 Å². The molecule has 1 fully saturated rings. The molecule has 1 unspecified atom stereocenters. The quantitative estimate of drug-likeness (QED) is 0.205. The van der Waals surface area contributed by atoms with Crippen LogP contribution in [0.25, 0.3) is 5.69 Å². The van der Waals surface area contributed by atoms with E-state index in [0.717, 1.165) is 29.3 Å². The summed E-state index contributed by atoms with van der Waals surface area (Å²) in [5, 5.41) is 22.6. The van der Waals surface area contributed by atoms with Crippen molar-refractivity contribution in [1.29, 1.82) is 0 Å². The van der Waals surface area contributed by atoms with Crippen molar-refractivity contribution in [3.8, 4) is 11.4 Å². The van der Waals surface area contributed by atoms with Gasteiger partial charge in [0.1, 0.15) is 10.8 Å². The van der Waals surface area contributed by atoms with Crippen LogP contribution < -0.4 is 10.1 Å². The maximum atomic E-state index is 12.8. The Morgan fingerprint density at radius 3 is 2.46 bits per heavy atom. The fraction of sp³-hybridized carbons (Fsp3) is 0.414. The van der Waals surface area contributed by atoms with E-state index >= 15 is 0 Å². The number of nitrogens with one attached hydrogen (secondary N) is 1. The topological polar surface area (TPSA) is 94.8 Å². The van der Waals surface area contributed by atoms with Gasteiger partial charge in [-0.25, -0.2) is 0 Å². The summed E-state index contributed by atoms with van der Waals surface area (Å²) in [6.07, 6.45) is 5.72. The molecule has 0 aliphatic heterocycles. The molecule has 1 atom stereocenters. The first-order valence-electron chi connectivity index (χ1n) is 13.5. The van der Waals surface area contributed by atoms with Gasteiger partial charge in [-0.3, -0.25) is 14.7 Å². The number of thioether (sulfide) groups is 1. The van der Waals surface area contributed by atoms with Gasteiger partial charge in [0.2, 0.25) is 11.0 Å². The number of carbonyl (C=O) groups excluding carboxylic acids is 1. The van der Waals surface area contributed by atoms with Crippen LogP contribution in [-0.4, -0.2) is 36.6 Å². The third-order valence-electron chi connectivity index (χ3n) is 6.87. The number of carbonyl (C=O) groups is 1. The molecule has 1 aliphatic rings. The molecule has 5 rings (SSSR count). The molecular formula is C29H34N6O2S2. The monoisotopic (exact) mass is 562 g/mol. The van der Waals surface area contributed by atoms with Gasteiger partial charge in [0, 0.05) is 11.6 Å². The van der Waals surface area contributed by atoms with Crippen LogP contribution in [0.15, 0.2) is 59.8 Å². The molecule has 2 heterocycles. The molecule has 0 bridgehead atoms. The predicted molar refractivity (Wildman–Crippen MR) is 156 cm³/mol. The Bertz CT molecular complexity index is 1360. The molecule has 4 aromatic rings. The molecule has 0 spiro atoms. The highest BCUT2D eigenvalue weighted by atomic mass is 32.2. The number of rotatable bonds is 10. The Labute approximate surface area is 237 Å². The minimum atomic E-state index is -0.356. The van der Waals surface area contributed by atoms with Crippen molar-refractivity contribution < 1.29 is 9.53 Å². The van der Waals surface area contributed by atoms with E-state index in [9.17, 15) is 4.79 Å². The van der Waals surface area contributed by atoms with Gasteiger partial charge in [0.25, 0.3) is 0 Å². The number of anilines is 1. The van der Waals surface area contributed by atoms with Crippen molar-refractivity contribution in [2.24, 2.45) is 0 Å². The summed E-state index contributed by atoms with van der Waals surface area (Å²) in [7, 11) is 0. The van der Waals surface area contributed by atoms with Crippen molar-refractivity contribution >= 4 is 34.1 Å². The largest absolute Gasteiger partial charge is 0.483 e. The number of amides is 1. The summed E-state index contributed by atoms with van der Waals surface area (Å²) >= 11 is 2.82. The third kappa shape index (κ3) is 6.86. The summed E-state index contributed by atoms with van der Waals surface area (Å²) in [6.45, 7) is 6.30. The van der Waals surface area contributed by atoms with E-state index in [0.29, 0.717) is 27.9 Å². The lowest BCUT2D eigenvalue weighted by Gasteiger charge is -2.18. The van der Waals surface area contributed by atoms with Gasteiger partial charge < -0.3 is 4.74 Å². The summed E-state index contributed by atoms with van der Waals surface area (Å²) in [4.78, 5) is 12.8. The number of hydrogen-bond acceptors (Lipinski definition) is 8. The normalized spacial score (nSPS) is 14.9. The highest BCUT2D eigenvalue weighted by Crippen LogP contribution is 2.35. The first kappa shape index (κ1) is 27.3. The second-order valence-electron chi connectivity index (χ2n) is 10.1. The standard InChI is InChI=1S/C29H34N6O2S2/c1-19(2)21-14-16-24(17-15-21)37-20(3)26-31-34-29(35(26)23-12-8-5-9-13-23)38-18-25(36)30-28-33-32-27(39-28)22-10-6-4-7-11-22/h5,8-9,12-17,19-20,22H,4,6-7,10-11,18H2,1-3H3,(H,30,33,36). The first-order chi connectivity index (χ1) is 19.0. The molecule has 2 aromatic heterocycles. The number of ether oxygens (including phenoxy) is 1. The van der Waals surface area contributed by atoms with Gasteiger partial charge >= 0.3 is 0 Å². The predicted octanol–water partition coefficient (Wildman–Crippen LogP) is 7.16. The molecule has 0 radical (unpaired) electrons. The van der Waals surface area contributed by atoms with E-state index in [2.05, 4.69) is 51.7 Å². The Balaban J connectivity index is 1.27. The highest BCUT2D eigenvalue weighted by Gasteiger charge is 2.23. The number of para-hydroxylation sites is 1. The maximum Gasteiger partial charge on any atom is 0.236 e. The molecule has 0 saturated heterocycles. The Hall–Kier alpha value is -3.24. The van der Waals surface area contributed by atoms with Crippen LogP contribution in [0.4, 0.5) is 5.13 Å². The average Bonchev–Trinajstić information content (AvgIpc) is 3.60. The zero-order chi connectivity index (χ0) is 27.2. The molecule has 8 nitrogen and oxygen atoms in total. The van der Waals surface area contributed by atoms with Gasteiger partial charge in [-0.15, -0.1) is 20.4 Å². The molecule has 1 aliphatic carbocycles. The summed E-state index contributed by atoms with van der Waals surface area (Å²) in [5.74, 6) is 2.39.